The molecule has 0 atom stereocenters. The van der Waals surface area contributed by atoms with Gasteiger partial charge in [0.05, 0.1) is 4.92 Å². The number of nitro groups is 1. The van der Waals surface area contributed by atoms with E-state index in [-0.39, 0.29) is 17.2 Å². The standard InChI is InChI=1S/C14H23N3O3S/c1-2-4-15-12-9-13(11-14(10-12)17(19)20)16-5-8-21-7-3-6-18/h9-11,15-16,18H,2-8H2,1H3. The number of hydrogen-bond donors (Lipinski definition) is 3. The Morgan fingerprint density at radius 3 is 2.43 bits per heavy atom. The summed E-state index contributed by atoms with van der Waals surface area (Å²) in [6, 6.07) is 4.99. The van der Waals surface area contributed by atoms with Gasteiger partial charge in [0.25, 0.3) is 5.69 Å². The van der Waals surface area contributed by atoms with Gasteiger partial charge in [0, 0.05) is 49.0 Å². The molecule has 0 unspecified atom stereocenters. The minimum atomic E-state index is -0.377. The smallest absolute Gasteiger partial charge is 0.273 e. The van der Waals surface area contributed by atoms with Gasteiger partial charge < -0.3 is 15.7 Å². The van der Waals surface area contributed by atoms with Crippen LogP contribution in [0.15, 0.2) is 18.2 Å². The van der Waals surface area contributed by atoms with Crippen molar-refractivity contribution in [2.24, 2.45) is 0 Å². The highest BCUT2D eigenvalue weighted by Crippen LogP contribution is 2.24. The third-order valence-electron chi connectivity index (χ3n) is 2.73. The highest BCUT2D eigenvalue weighted by atomic mass is 32.2. The molecule has 7 heteroatoms. The molecule has 0 aliphatic heterocycles. The predicted octanol–water partition coefficient (Wildman–Crippen LogP) is 2.94. The van der Waals surface area contributed by atoms with E-state index in [1.165, 1.54) is 0 Å². The number of hydrogen-bond acceptors (Lipinski definition) is 6. The highest BCUT2D eigenvalue weighted by molar-refractivity contribution is 7.99. The lowest BCUT2D eigenvalue weighted by Gasteiger charge is -2.10. The van der Waals surface area contributed by atoms with Gasteiger partial charge in [-0.3, -0.25) is 10.1 Å². The van der Waals surface area contributed by atoms with Crippen molar-refractivity contribution in [2.75, 3.05) is 41.8 Å². The first-order valence-electron chi connectivity index (χ1n) is 7.13. The van der Waals surface area contributed by atoms with Gasteiger partial charge in [0.1, 0.15) is 0 Å². The van der Waals surface area contributed by atoms with Gasteiger partial charge in [-0.15, -0.1) is 0 Å². The summed E-state index contributed by atoms with van der Waals surface area (Å²) in [5.41, 5.74) is 1.61. The number of nitrogens with zero attached hydrogens (tertiary/aromatic N) is 1. The summed E-state index contributed by atoms with van der Waals surface area (Å²) in [6.07, 6.45) is 1.76. The Balaban J connectivity index is 2.54. The quantitative estimate of drug-likeness (QED) is 0.331. The van der Waals surface area contributed by atoms with Crippen LogP contribution in [-0.4, -0.2) is 41.2 Å². The van der Waals surface area contributed by atoms with Crippen molar-refractivity contribution in [1.29, 1.82) is 0 Å². The van der Waals surface area contributed by atoms with Crippen LogP contribution in [0.25, 0.3) is 0 Å². The van der Waals surface area contributed by atoms with E-state index in [1.54, 1.807) is 23.9 Å². The number of rotatable bonds is 11. The molecule has 1 aromatic rings. The number of thioether (sulfide) groups is 1. The second-order valence-corrected chi connectivity index (χ2v) is 5.79. The number of benzene rings is 1. The molecule has 0 saturated heterocycles. The van der Waals surface area contributed by atoms with Gasteiger partial charge in [-0.25, -0.2) is 0 Å². The predicted molar refractivity (Wildman–Crippen MR) is 89.4 cm³/mol. The molecule has 0 fully saturated rings. The van der Waals surface area contributed by atoms with E-state index >= 15 is 0 Å². The third-order valence-corrected chi connectivity index (χ3v) is 3.80. The summed E-state index contributed by atoms with van der Waals surface area (Å²) < 4.78 is 0. The molecule has 6 nitrogen and oxygen atoms in total. The van der Waals surface area contributed by atoms with Crippen molar-refractivity contribution >= 4 is 28.8 Å². The minimum absolute atomic E-state index is 0.0894. The molecule has 0 amide bonds. The molecule has 3 N–H and O–H groups in total. The van der Waals surface area contributed by atoms with Crippen molar-refractivity contribution in [3.8, 4) is 0 Å². The Bertz CT molecular complexity index is 443. The zero-order valence-electron chi connectivity index (χ0n) is 12.3. The summed E-state index contributed by atoms with van der Waals surface area (Å²) in [5.74, 6) is 1.83. The van der Waals surface area contributed by atoms with Crippen molar-refractivity contribution in [3.63, 3.8) is 0 Å². The summed E-state index contributed by atoms with van der Waals surface area (Å²) in [7, 11) is 0. The van der Waals surface area contributed by atoms with E-state index in [0.717, 1.165) is 48.8 Å². The molecule has 0 radical (unpaired) electrons. The molecule has 1 rings (SSSR count). The van der Waals surface area contributed by atoms with E-state index in [2.05, 4.69) is 10.6 Å². The minimum Gasteiger partial charge on any atom is -0.396 e. The van der Waals surface area contributed by atoms with Crippen LogP contribution in [0.2, 0.25) is 0 Å². The topological polar surface area (TPSA) is 87.4 Å². The summed E-state index contributed by atoms with van der Waals surface area (Å²) >= 11 is 1.75. The first kappa shape index (κ1) is 17.6. The number of nitrogens with one attached hydrogen (secondary N) is 2. The Morgan fingerprint density at radius 1 is 1.19 bits per heavy atom. The number of nitro benzene ring substituents is 1. The maximum Gasteiger partial charge on any atom is 0.273 e. The number of non-ortho nitro benzene ring substituents is 1. The number of anilines is 2. The fraction of sp³-hybridized carbons (Fsp3) is 0.571. The lowest BCUT2D eigenvalue weighted by atomic mass is 10.2. The monoisotopic (exact) mass is 313 g/mol. The van der Waals surface area contributed by atoms with Crippen molar-refractivity contribution in [3.05, 3.63) is 28.3 Å². The van der Waals surface area contributed by atoms with E-state index in [0.29, 0.717) is 0 Å². The Kier molecular flexibility index (Phi) is 8.61. The van der Waals surface area contributed by atoms with E-state index < -0.39 is 0 Å². The Labute approximate surface area is 129 Å². The lowest BCUT2D eigenvalue weighted by Crippen LogP contribution is -2.07. The fourth-order valence-electron chi connectivity index (χ4n) is 1.73. The molecule has 118 valence electrons. The summed E-state index contributed by atoms with van der Waals surface area (Å²) in [5, 5.41) is 26.0. The Hall–Kier alpha value is -1.47. The van der Waals surface area contributed by atoms with Crippen molar-refractivity contribution in [1.82, 2.24) is 0 Å². The zero-order valence-corrected chi connectivity index (χ0v) is 13.1. The SMILES string of the molecule is CCCNc1cc(NCCSCCCO)cc([N+](=O)[O-])c1. The third kappa shape index (κ3) is 7.19. The molecule has 0 aromatic heterocycles. The first-order chi connectivity index (χ1) is 10.2. The highest BCUT2D eigenvalue weighted by Gasteiger charge is 2.09. The Morgan fingerprint density at radius 2 is 1.86 bits per heavy atom. The van der Waals surface area contributed by atoms with E-state index in [1.807, 2.05) is 13.0 Å². The largest absolute Gasteiger partial charge is 0.396 e. The van der Waals surface area contributed by atoms with Crippen LogP contribution in [0.1, 0.15) is 19.8 Å². The van der Waals surface area contributed by atoms with Crippen LogP contribution in [0.3, 0.4) is 0 Å². The molecule has 0 aliphatic rings. The average molecular weight is 313 g/mol. The maximum atomic E-state index is 10.9. The molecule has 0 aliphatic carbocycles. The van der Waals surface area contributed by atoms with Gasteiger partial charge in [-0.2, -0.15) is 11.8 Å². The molecule has 0 spiro atoms. The average Bonchev–Trinajstić information content (AvgIpc) is 2.48. The molecular weight excluding hydrogens is 290 g/mol. The molecule has 0 heterocycles. The van der Waals surface area contributed by atoms with Gasteiger partial charge >= 0.3 is 0 Å². The molecule has 0 saturated carbocycles. The summed E-state index contributed by atoms with van der Waals surface area (Å²) in [6.45, 7) is 3.80. The zero-order chi connectivity index (χ0) is 15.5. The van der Waals surface area contributed by atoms with Gasteiger partial charge in [-0.05, 0) is 24.7 Å². The van der Waals surface area contributed by atoms with E-state index in [4.69, 9.17) is 5.11 Å². The second kappa shape index (κ2) is 10.3. The number of aliphatic hydroxyl groups excluding tert-OH is 1. The van der Waals surface area contributed by atoms with Crippen LogP contribution < -0.4 is 10.6 Å². The lowest BCUT2D eigenvalue weighted by molar-refractivity contribution is -0.384. The van der Waals surface area contributed by atoms with Crippen LogP contribution in [0.4, 0.5) is 17.1 Å². The van der Waals surface area contributed by atoms with Crippen LogP contribution in [0.5, 0.6) is 0 Å². The normalized spacial score (nSPS) is 10.4. The van der Waals surface area contributed by atoms with Crippen molar-refractivity contribution in [2.45, 2.75) is 19.8 Å². The molecule has 0 bridgehead atoms. The van der Waals surface area contributed by atoms with Crippen LogP contribution in [0, 0.1) is 10.1 Å². The van der Waals surface area contributed by atoms with Crippen LogP contribution >= 0.6 is 11.8 Å². The molecule has 21 heavy (non-hydrogen) atoms. The first-order valence-corrected chi connectivity index (χ1v) is 8.28. The molecule has 1 aromatic carbocycles. The maximum absolute atomic E-state index is 10.9. The van der Waals surface area contributed by atoms with Gasteiger partial charge in [-0.1, -0.05) is 6.92 Å². The number of aliphatic hydroxyl groups is 1. The second-order valence-electron chi connectivity index (χ2n) is 4.57. The van der Waals surface area contributed by atoms with Crippen LogP contribution in [-0.2, 0) is 0 Å². The van der Waals surface area contributed by atoms with Gasteiger partial charge in [0.15, 0.2) is 0 Å². The summed E-state index contributed by atoms with van der Waals surface area (Å²) in [4.78, 5) is 10.6. The van der Waals surface area contributed by atoms with Gasteiger partial charge in [0.2, 0.25) is 0 Å². The van der Waals surface area contributed by atoms with Crippen molar-refractivity contribution < 1.29 is 10.0 Å². The molecular formula is C14H23N3O3S. The fourth-order valence-corrected chi connectivity index (χ4v) is 2.51. The van der Waals surface area contributed by atoms with E-state index in [9.17, 15) is 10.1 Å².